The fourth-order valence-corrected chi connectivity index (χ4v) is 4.26. The minimum absolute atomic E-state index is 0.190. The Balaban J connectivity index is 1.76. The average Bonchev–Trinajstić information content (AvgIpc) is 3.13. The molecule has 1 aromatic carbocycles. The molecule has 2 aromatic rings. The molecule has 0 spiro atoms. The Hall–Kier alpha value is -1.81. The molecule has 1 aliphatic rings. The molecular weight excluding hydrogens is 316 g/mol. The number of amides is 1. The minimum atomic E-state index is 0.190. The molecule has 3 nitrogen and oxygen atoms in total. The lowest BCUT2D eigenvalue weighted by atomic mass is 9.96. The zero-order chi connectivity index (χ0) is 16.9. The van der Waals surface area contributed by atoms with E-state index in [1.807, 2.05) is 54.6 Å². The Bertz CT molecular complexity index is 666. The molecule has 4 heteroatoms. The molecule has 3 rings (SSSR count). The lowest BCUT2D eigenvalue weighted by Crippen LogP contribution is -2.44. The van der Waals surface area contributed by atoms with Gasteiger partial charge in [-0.3, -0.25) is 4.79 Å². The van der Waals surface area contributed by atoms with Crippen LogP contribution in [0.4, 0.5) is 5.69 Å². The van der Waals surface area contributed by atoms with E-state index < -0.39 is 0 Å². The first-order chi connectivity index (χ1) is 11.7. The number of carbonyl (C=O) groups is 1. The molecule has 1 amide bonds. The lowest BCUT2D eigenvalue weighted by molar-refractivity contribution is 0.0603. The summed E-state index contributed by atoms with van der Waals surface area (Å²) in [5.74, 6) is 0.190. The summed E-state index contributed by atoms with van der Waals surface area (Å²) in [6.45, 7) is 0.885. The standard InChI is InChI=1S/C20H26N2OS/c1-21(2)19-11-4-3-10-18(19)20(23)22-14-6-5-8-16(22)12-13-17-9-7-15-24-17/h3-4,7,9-11,15-16H,5-6,8,12-14H2,1-2H3. The molecular formula is C20H26N2OS. The first kappa shape index (κ1) is 17.0. The number of carbonyl (C=O) groups excluding carboxylic acids is 1. The van der Waals surface area contributed by atoms with Crippen LogP contribution < -0.4 is 4.90 Å². The van der Waals surface area contributed by atoms with Crippen molar-refractivity contribution in [2.75, 3.05) is 25.5 Å². The van der Waals surface area contributed by atoms with Crippen LogP contribution in [0, 0.1) is 0 Å². The van der Waals surface area contributed by atoms with Crippen molar-refractivity contribution in [1.82, 2.24) is 4.90 Å². The minimum Gasteiger partial charge on any atom is -0.377 e. The van der Waals surface area contributed by atoms with Crippen LogP contribution in [0.15, 0.2) is 41.8 Å². The summed E-state index contributed by atoms with van der Waals surface area (Å²) in [6.07, 6.45) is 5.61. The fourth-order valence-electron chi connectivity index (χ4n) is 3.53. The van der Waals surface area contributed by atoms with Gasteiger partial charge in [-0.05, 0) is 55.7 Å². The summed E-state index contributed by atoms with van der Waals surface area (Å²) in [4.78, 5) is 18.8. The first-order valence-corrected chi connectivity index (χ1v) is 9.64. The number of nitrogens with zero attached hydrogens (tertiary/aromatic N) is 2. The monoisotopic (exact) mass is 342 g/mol. The number of thiophene rings is 1. The first-order valence-electron chi connectivity index (χ1n) is 8.76. The van der Waals surface area contributed by atoms with Crippen molar-refractivity contribution < 1.29 is 4.79 Å². The van der Waals surface area contributed by atoms with E-state index in [1.54, 1.807) is 0 Å². The molecule has 1 unspecified atom stereocenters. The van der Waals surface area contributed by atoms with Crippen LogP contribution in [-0.4, -0.2) is 37.5 Å². The van der Waals surface area contributed by atoms with Gasteiger partial charge in [-0.1, -0.05) is 18.2 Å². The maximum atomic E-state index is 13.2. The number of aryl methyl sites for hydroxylation is 1. The van der Waals surface area contributed by atoms with E-state index in [0.29, 0.717) is 6.04 Å². The van der Waals surface area contributed by atoms with Crippen LogP contribution in [0.25, 0.3) is 0 Å². The van der Waals surface area contributed by atoms with Crippen molar-refractivity contribution in [3.8, 4) is 0 Å². The third-order valence-corrected chi connectivity index (χ3v) is 5.74. The average molecular weight is 343 g/mol. The summed E-state index contributed by atoms with van der Waals surface area (Å²) in [7, 11) is 3.99. The van der Waals surface area contributed by atoms with Gasteiger partial charge in [0.25, 0.3) is 5.91 Å². The molecule has 0 radical (unpaired) electrons. The quantitative estimate of drug-likeness (QED) is 0.802. The maximum Gasteiger partial charge on any atom is 0.256 e. The van der Waals surface area contributed by atoms with E-state index in [2.05, 4.69) is 22.4 Å². The zero-order valence-corrected chi connectivity index (χ0v) is 15.4. The number of anilines is 1. The van der Waals surface area contributed by atoms with Gasteiger partial charge in [0.15, 0.2) is 0 Å². The molecule has 1 fully saturated rings. The van der Waals surface area contributed by atoms with E-state index in [0.717, 1.165) is 43.5 Å². The molecule has 24 heavy (non-hydrogen) atoms. The maximum absolute atomic E-state index is 13.2. The molecule has 0 saturated carbocycles. The van der Waals surface area contributed by atoms with Crippen LogP contribution in [0.5, 0.6) is 0 Å². The largest absolute Gasteiger partial charge is 0.377 e. The van der Waals surface area contributed by atoms with Crippen molar-refractivity contribution in [1.29, 1.82) is 0 Å². The van der Waals surface area contributed by atoms with E-state index in [4.69, 9.17) is 0 Å². The van der Waals surface area contributed by atoms with Crippen LogP contribution in [0.1, 0.15) is 40.9 Å². The Morgan fingerprint density at radius 3 is 2.79 bits per heavy atom. The van der Waals surface area contributed by atoms with Gasteiger partial charge in [0, 0.05) is 37.2 Å². The summed E-state index contributed by atoms with van der Waals surface area (Å²) in [5.41, 5.74) is 1.83. The van der Waals surface area contributed by atoms with Gasteiger partial charge < -0.3 is 9.80 Å². The number of likely N-dealkylation sites (tertiary alicyclic amines) is 1. The van der Waals surface area contributed by atoms with Gasteiger partial charge in [-0.2, -0.15) is 0 Å². The second-order valence-electron chi connectivity index (χ2n) is 6.68. The molecule has 2 heterocycles. The van der Waals surface area contributed by atoms with E-state index in [1.165, 1.54) is 11.3 Å². The number of para-hydroxylation sites is 1. The number of rotatable bonds is 5. The number of piperidine rings is 1. The van der Waals surface area contributed by atoms with Crippen LogP contribution in [0.3, 0.4) is 0 Å². The third-order valence-electron chi connectivity index (χ3n) is 4.81. The molecule has 1 saturated heterocycles. The second-order valence-corrected chi connectivity index (χ2v) is 7.71. The highest BCUT2D eigenvalue weighted by Crippen LogP contribution is 2.27. The molecule has 0 N–H and O–H groups in total. The van der Waals surface area contributed by atoms with Crippen molar-refractivity contribution in [2.45, 2.75) is 38.1 Å². The predicted molar refractivity (Wildman–Crippen MR) is 102 cm³/mol. The SMILES string of the molecule is CN(C)c1ccccc1C(=O)N1CCCCC1CCc1cccs1. The summed E-state index contributed by atoms with van der Waals surface area (Å²) in [5, 5.41) is 2.13. The van der Waals surface area contributed by atoms with Crippen molar-refractivity contribution in [3.05, 3.63) is 52.2 Å². The highest BCUT2D eigenvalue weighted by atomic mass is 32.1. The molecule has 1 atom stereocenters. The van der Waals surface area contributed by atoms with E-state index >= 15 is 0 Å². The normalized spacial score (nSPS) is 17.8. The van der Waals surface area contributed by atoms with E-state index in [9.17, 15) is 4.79 Å². The Morgan fingerprint density at radius 2 is 2.04 bits per heavy atom. The smallest absolute Gasteiger partial charge is 0.256 e. The molecule has 128 valence electrons. The van der Waals surface area contributed by atoms with Gasteiger partial charge in [-0.25, -0.2) is 0 Å². The van der Waals surface area contributed by atoms with Crippen LogP contribution in [0.2, 0.25) is 0 Å². The van der Waals surface area contributed by atoms with Gasteiger partial charge >= 0.3 is 0 Å². The van der Waals surface area contributed by atoms with E-state index in [-0.39, 0.29) is 5.91 Å². The Labute approximate surface area is 148 Å². The number of hydrogen-bond acceptors (Lipinski definition) is 3. The van der Waals surface area contributed by atoms with Gasteiger partial charge in [0.1, 0.15) is 0 Å². The highest BCUT2D eigenvalue weighted by Gasteiger charge is 2.28. The molecule has 1 aromatic heterocycles. The lowest BCUT2D eigenvalue weighted by Gasteiger charge is -2.36. The summed E-state index contributed by atoms with van der Waals surface area (Å²) < 4.78 is 0. The van der Waals surface area contributed by atoms with Crippen LogP contribution >= 0.6 is 11.3 Å². The summed E-state index contributed by atoms with van der Waals surface area (Å²) in [6, 6.07) is 12.6. The molecule has 0 bridgehead atoms. The van der Waals surface area contributed by atoms with Gasteiger partial charge in [0.05, 0.1) is 5.56 Å². The van der Waals surface area contributed by atoms with Crippen molar-refractivity contribution in [2.24, 2.45) is 0 Å². The third kappa shape index (κ3) is 3.81. The zero-order valence-electron chi connectivity index (χ0n) is 14.6. The number of hydrogen-bond donors (Lipinski definition) is 0. The fraction of sp³-hybridized carbons (Fsp3) is 0.450. The summed E-state index contributed by atoms with van der Waals surface area (Å²) >= 11 is 1.81. The van der Waals surface area contributed by atoms with Gasteiger partial charge in [0.2, 0.25) is 0 Å². The highest BCUT2D eigenvalue weighted by molar-refractivity contribution is 7.09. The predicted octanol–water partition coefficient (Wildman–Crippen LogP) is 4.44. The molecule has 0 aliphatic carbocycles. The topological polar surface area (TPSA) is 23.6 Å². The number of benzene rings is 1. The van der Waals surface area contributed by atoms with Crippen LogP contribution in [-0.2, 0) is 6.42 Å². The Kier molecular flexibility index (Phi) is 5.56. The second kappa shape index (κ2) is 7.84. The van der Waals surface area contributed by atoms with Crippen molar-refractivity contribution in [3.63, 3.8) is 0 Å². The molecule has 1 aliphatic heterocycles. The Morgan fingerprint density at radius 1 is 1.21 bits per heavy atom. The van der Waals surface area contributed by atoms with Crippen molar-refractivity contribution >= 4 is 22.9 Å². The van der Waals surface area contributed by atoms with Gasteiger partial charge in [-0.15, -0.1) is 11.3 Å².